The smallest absolute Gasteiger partial charge is 0.175 e. The van der Waals surface area contributed by atoms with Crippen LogP contribution in [0.1, 0.15) is 37.2 Å². The van der Waals surface area contributed by atoms with Crippen molar-refractivity contribution in [2.24, 2.45) is 0 Å². The molecule has 112 valence electrons. The van der Waals surface area contributed by atoms with Crippen LogP contribution in [0.2, 0.25) is 0 Å². The maximum Gasteiger partial charge on any atom is 0.175 e. The van der Waals surface area contributed by atoms with E-state index in [1.807, 2.05) is 18.4 Å². The summed E-state index contributed by atoms with van der Waals surface area (Å²) in [5.41, 5.74) is 2.00. The molecule has 0 amide bonds. The lowest BCUT2D eigenvalue weighted by molar-refractivity contribution is -0.190. The summed E-state index contributed by atoms with van der Waals surface area (Å²) in [6.45, 7) is 1.38. The zero-order valence-corrected chi connectivity index (χ0v) is 12.3. The maximum atomic E-state index is 6.03. The number of fused-ring (bicyclic) bond motifs is 1. The topological polar surface area (TPSA) is 40.8 Å². The molecule has 2 fully saturated rings. The van der Waals surface area contributed by atoms with Gasteiger partial charge in [0.25, 0.3) is 0 Å². The molecule has 21 heavy (non-hydrogen) atoms. The Morgan fingerprint density at radius 2 is 2.05 bits per heavy atom. The molecule has 1 unspecified atom stereocenters. The number of hydrogen-bond acceptors (Lipinski definition) is 4. The van der Waals surface area contributed by atoms with Crippen LogP contribution in [0.15, 0.2) is 28.9 Å². The van der Waals surface area contributed by atoms with E-state index in [1.54, 1.807) is 7.11 Å². The molecule has 2 heterocycles. The Morgan fingerprint density at radius 1 is 1.19 bits per heavy atom. The van der Waals surface area contributed by atoms with Crippen LogP contribution in [0.25, 0.3) is 11.0 Å². The van der Waals surface area contributed by atoms with E-state index in [4.69, 9.17) is 18.6 Å². The lowest BCUT2D eigenvalue weighted by Gasteiger charge is -2.39. The Labute approximate surface area is 124 Å². The monoisotopic (exact) mass is 288 g/mol. The highest BCUT2D eigenvalue weighted by Crippen LogP contribution is 2.48. The van der Waals surface area contributed by atoms with Crippen molar-refractivity contribution in [1.29, 1.82) is 0 Å². The van der Waals surface area contributed by atoms with Crippen LogP contribution in [0, 0.1) is 0 Å². The van der Waals surface area contributed by atoms with E-state index >= 15 is 0 Å². The lowest BCUT2D eigenvalue weighted by atomic mass is 9.78. The van der Waals surface area contributed by atoms with E-state index in [0.717, 1.165) is 36.0 Å². The summed E-state index contributed by atoms with van der Waals surface area (Å²) in [7, 11) is 1.67. The minimum atomic E-state index is -0.446. The van der Waals surface area contributed by atoms with Crippen molar-refractivity contribution in [1.82, 2.24) is 0 Å². The van der Waals surface area contributed by atoms with Gasteiger partial charge >= 0.3 is 0 Å². The van der Waals surface area contributed by atoms with Gasteiger partial charge in [0.15, 0.2) is 17.1 Å². The number of rotatable bonds is 2. The zero-order valence-electron chi connectivity index (χ0n) is 12.3. The third kappa shape index (κ3) is 1.97. The van der Waals surface area contributed by atoms with Crippen LogP contribution in [0.5, 0.6) is 5.75 Å². The Hall–Kier alpha value is -1.52. The Bertz CT molecular complexity index is 639. The normalized spacial score (nSPS) is 24.7. The molecule has 1 aliphatic heterocycles. The van der Waals surface area contributed by atoms with E-state index in [2.05, 4.69) is 6.07 Å². The van der Waals surface area contributed by atoms with Gasteiger partial charge in [0, 0.05) is 23.3 Å². The van der Waals surface area contributed by atoms with Crippen LogP contribution in [0.4, 0.5) is 0 Å². The third-order valence-corrected chi connectivity index (χ3v) is 4.76. The van der Waals surface area contributed by atoms with Gasteiger partial charge in [-0.1, -0.05) is 18.6 Å². The molecule has 2 aromatic rings. The molecule has 1 aliphatic carbocycles. The summed E-state index contributed by atoms with van der Waals surface area (Å²) in [5.74, 6) is 0.567. The van der Waals surface area contributed by atoms with Crippen molar-refractivity contribution in [3.05, 3.63) is 30.0 Å². The summed E-state index contributed by atoms with van der Waals surface area (Å²) in [5, 5.41) is 1.11. The third-order valence-electron chi connectivity index (χ3n) is 4.76. The van der Waals surface area contributed by atoms with Gasteiger partial charge in [-0.05, 0) is 18.9 Å². The molecular formula is C17H20O4. The fourth-order valence-corrected chi connectivity index (χ4v) is 3.80. The zero-order chi connectivity index (χ0) is 14.3. The number of furan rings is 1. The van der Waals surface area contributed by atoms with Gasteiger partial charge in [0.05, 0.1) is 26.6 Å². The first-order valence-electron chi connectivity index (χ1n) is 7.66. The molecule has 1 saturated carbocycles. The van der Waals surface area contributed by atoms with Crippen LogP contribution < -0.4 is 4.74 Å². The van der Waals surface area contributed by atoms with E-state index in [1.165, 1.54) is 12.0 Å². The fraction of sp³-hybridized carbons (Fsp3) is 0.529. The van der Waals surface area contributed by atoms with Gasteiger partial charge in [-0.15, -0.1) is 0 Å². The van der Waals surface area contributed by atoms with Crippen LogP contribution in [-0.4, -0.2) is 26.1 Å². The number of para-hydroxylation sites is 1. The standard InChI is InChI=1S/C17H20O4/c1-18-15-7-4-5-12-13(11-19-16(12)15)14-6-2-3-8-17(14)20-9-10-21-17/h4-5,7,11,14H,2-3,6,8-10H2,1H3. The average Bonchev–Trinajstić information content (AvgIpc) is 3.15. The van der Waals surface area contributed by atoms with Gasteiger partial charge in [0.2, 0.25) is 0 Å². The second-order valence-corrected chi connectivity index (χ2v) is 5.84. The molecule has 0 bridgehead atoms. The maximum absolute atomic E-state index is 6.03. The van der Waals surface area contributed by atoms with Crippen LogP contribution in [-0.2, 0) is 9.47 Å². The summed E-state index contributed by atoms with van der Waals surface area (Å²) in [6.07, 6.45) is 6.27. The fourth-order valence-electron chi connectivity index (χ4n) is 3.80. The lowest BCUT2D eigenvalue weighted by Crippen LogP contribution is -2.40. The van der Waals surface area contributed by atoms with Crippen LogP contribution in [0.3, 0.4) is 0 Å². The first-order valence-corrected chi connectivity index (χ1v) is 7.66. The molecule has 4 heteroatoms. The summed E-state index contributed by atoms with van der Waals surface area (Å²) in [4.78, 5) is 0. The second-order valence-electron chi connectivity index (χ2n) is 5.84. The molecule has 4 rings (SSSR count). The number of hydrogen-bond donors (Lipinski definition) is 0. The van der Waals surface area contributed by atoms with E-state index in [9.17, 15) is 0 Å². The molecule has 1 spiro atoms. The molecule has 2 aliphatic rings. The number of ether oxygens (including phenoxy) is 3. The van der Waals surface area contributed by atoms with Gasteiger partial charge in [-0.3, -0.25) is 0 Å². The molecule has 1 saturated heterocycles. The molecular weight excluding hydrogens is 268 g/mol. The molecule has 1 atom stereocenters. The molecule has 4 nitrogen and oxygen atoms in total. The molecule has 0 radical (unpaired) electrons. The highest BCUT2D eigenvalue weighted by Gasteiger charge is 2.47. The van der Waals surface area contributed by atoms with Crippen LogP contribution >= 0.6 is 0 Å². The van der Waals surface area contributed by atoms with Crippen molar-refractivity contribution < 1.29 is 18.6 Å². The van der Waals surface area contributed by atoms with Crippen molar-refractivity contribution in [3.63, 3.8) is 0 Å². The number of benzene rings is 1. The minimum Gasteiger partial charge on any atom is -0.493 e. The first kappa shape index (κ1) is 13.2. The molecule has 1 aromatic carbocycles. The SMILES string of the molecule is COc1cccc2c(C3CCCCC34OCCO4)coc12. The number of methoxy groups -OCH3 is 1. The van der Waals surface area contributed by atoms with Crippen molar-refractivity contribution in [2.45, 2.75) is 37.4 Å². The van der Waals surface area contributed by atoms with Crippen molar-refractivity contribution in [2.75, 3.05) is 20.3 Å². The van der Waals surface area contributed by atoms with E-state index < -0.39 is 5.79 Å². The average molecular weight is 288 g/mol. The second kappa shape index (κ2) is 5.04. The van der Waals surface area contributed by atoms with Gasteiger partial charge in [-0.2, -0.15) is 0 Å². The molecule has 0 N–H and O–H groups in total. The highest BCUT2D eigenvalue weighted by molar-refractivity contribution is 5.86. The van der Waals surface area contributed by atoms with Gasteiger partial charge < -0.3 is 18.6 Å². The van der Waals surface area contributed by atoms with Gasteiger partial charge in [-0.25, -0.2) is 0 Å². The van der Waals surface area contributed by atoms with Crippen molar-refractivity contribution >= 4 is 11.0 Å². The minimum absolute atomic E-state index is 0.238. The summed E-state index contributed by atoms with van der Waals surface area (Å²) in [6, 6.07) is 6.02. The van der Waals surface area contributed by atoms with Gasteiger partial charge in [0.1, 0.15) is 0 Å². The Morgan fingerprint density at radius 3 is 2.86 bits per heavy atom. The van der Waals surface area contributed by atoms with E-state index in [0.29, 0.717) is 13.2 Å². The largest absolute Gasteiger partial charge is 0.493 e. The first-order chi connectivity index (χ1) is 10.3. The Kier molecular flexibility index (Phi) is 3.16. The van der Waals surface area contributed by atoms with E-state index in [-0.39, 0.29) is 5.92 Å². The quantitative estimate of drug-likeness (QED) is 0.842. The van der Waals surface area contributed by atoms with Crippen molar-refractivity contribution in [3.8, 4) is 5.75 Å². The highest BCUT2D eigenvalue weighted by atomic mass is 16.7. The summed E-state index contributed by atoms with van der Waals surface area (Å²) < 4.78 is 23.2. The summed E-state index contributed by atoms with van der Waals surface area (Å²) >= 11 is 0. The Balaban J connectivity index is 1.81. The predicted octanol–water partition coefficient (Wildman–Crippen LogP) is 3.84. The predicted molar refractivity (Wildman–Crippen MR) is 78.6 cm³/mol. The molecule has 1 aromatic heterocycles.